The second-order valence-electron chi connectivity index (χ2n) is 9.68. The van der Waals surface area contributed by atoms with Gasteiger partial charge >= 0.3 is 0 Å². The maximum Gasteiger partial charge on any atom is 0.294 e. The number of nitrogens with one attached hydrogen (secondary N) is 2. The van der Waals surface area contributed by atoms with Crippen molar-refractivity contribution in [2.24, 2.45) is 16.5 Å². The summed E-state index contributed by atoms with van der Waals surface area (Å²) in [7, 11) is 0. The zero-order chi connectivity index (χ0) is 30.6. The van der Waals surface area contributed by atoms with Crippen LogP contribution in [0.4, 0.5) is 5.82 Å². The molecule has 11 nitrogen and oxygen atoms in total. The smallest absolute Gasteiger partial charge is 0.294 e. The average molecular weight is 621 g/mol. The van der Waals surface area contributed by atoms with E-state index in [1.54, 1.807) is 5.38 Å². The molecular formula is C30H33ClN8O3S. The lowest BCUT2D eigenvalue weighted by Crippen LogP contribution is -2.44. The van der Waals surface area contributed by atoms with Crippen molar-refractivity contribution in [1.82, 2.24) is 19.9 Å². The number of Topliss-reactive ketones (excluding diaryl/α,β-unsaturated/α-hetero) is 1. The quantitative estimate of drug-likeness (QED) is 0.0680. The van der Waals surface area contributed by atoms with E-state index in [0.717, 1.165) is 11.1 Å². The van der Waals surface area contributed by atoms with E-state index in [9.17, 15) is 14.4 Å². The van der Waals surface area contributed by atoms with Crippen molar-refractivity contribution >= 4 is 46.4 Å². The molecule has 0 aliphatic heterocycles. The first-order valence-corrected chi connectivity index (χ1v) is 15.0. The third kappa shape index (κ3) is 9.22. The Bertz CT molecular complexity index is 1590. The third-order valence-electron chi connectivity index (χ3n) is 6.53. The normalized spacial score (nSPS) is 11.5. The van der Waals surface area contributed by atoms with Gasteiger partial charge < -0.3 is 22.1 Å². The number of thiazole rings is 1. The number of halogens is 1. The molecule has 0 fully saturated rings. The van der Waals surface area contributed by atoms with Crippen LogP contribution in [0.3, 0.4) is 0 Å². The molecule has 2 aromatic heterocycles. The van der Waals surface area contributed by atoms with E-state index < -0.39 is 17.5 Å². The van der Waals surface area contributed by atoms with E-state index in [1.807, 2.05) is 60.7 Å². The minimum absolute atomic E-state index is 0.0400. The van der Waals surface area contributed by atoms with Gasteiger partial charge in [0.2, 0.25) is 11.7 Å². The fourth-order valence-electron chi connectivity index (χ4n) is 4.43. The van der Waals surface area contributed by atoms with E-state index in [-0.39, 0.29) is 47.1 Å². The topological polar surface area (TPSA) is 170 Å². The monoisotopic (exact) mass is 620 g/mol. The Morgan fingerprint density at radius 3 is 2.40 bits per heavy atom. The lowest BCUT2D eigenvalue weighted by atomic mass is 10.1. The standard InChI is InChI=1S/C30H33ClN8O3S/c31-26-23(18-21-10-5-2-6-11-21)39(29(42)27(38-26)34-15-13-20-8-3-1-4-9-20)19-24(40)37-22(12-7-14-36-30(32)33)25(41)28-35-16-17-43-28/h1-6,8-11,16-17,22H,7,12-15,18-19H2,(H,34,38)(H,37,40)(H4,32,33,36). The van der Waals surface area contributed by atoms with E-state index in [1.165, 1.54) is 22.1 Å². The van der Waals surface area contributed by atoms with Gasteiger partial charge in [-0.1, -0.05) is 72.3 Å². The van der Waals surface area contributed by atoms with Crippen LogP contribution in [0.15, 0.2) is 82.0 Å². The van der Waals surface area contributed by atoms with Crippen LogP contribution in [0, 0.1) is 0 Å². The molecule has 1 unspecified atom stereocenters. The van der Waals surface area contributed by atoms with Crippen LogP contribution < -0.4 is 27.7 Å². The summed E-state index contributed by atoms with van der Waals surface area (Å²) in [5, 5.41) is 7.92. The zero-order valence-corrected chi connectivity index (χ0v) is 25.0. The minimum Gasteiger partial charge on any atom is -0.370 e. The Balaban J connectivity index is 1.57. The molecule has 1 atom stereocenters. The maximum absolute atomic E-state index is 13.7. The number of hydrogen-bond donors (Lipinski definition) is 4. The predicted octanol–water partition coefficient (Wildman–Crippen LogP) is 3.02. The molecule has 0 bridgehead atoms. The number of nitrogens with two attached hydrogens (primary N) is 2. The van der Waals surface area contributed by atoms with Crippen LogP contribution in [-0.2, 0) is 24.2 Å². The molecule has 1 amide bonds. The molecule has 0 aliphatic carbocycles. The summed E-state index contributed by atoms with van der Waals surface area (Å²) in [4.78, 5) is 52.7. The van der Waals surface area contributed by atoms with Crippen molar-refractivity contribution < 1.29 is 9.59 Å². The van der Waals surface area contributed by atoms with Crippen LogP contribution >= 0.6 is 22.9 Å². The van der Waals surface area contributed by atoms with Crippen molar-refractivity contribution in [2.75, 3.05) is 18.4 Å². The molecule has 2 aromatic carbocycles. The van der Waals surface area contributed by atoms with Crippen molar-refractivity contribution in [3.8, 4) is 0 Å². The van der Waals surface area contributed by atoms with Gasteiger partial charge in [-0.15, -0.1) is 11.3 Å². The van der Waals surface area contributed by atoms with Crippen LogP contribution in [0.5, 0.6) is 0 Å². The van der Waals surface area contributed by atoms with Crippen LogP contribution in [0.2, 0.25) is 5.15 Å². The van der Waals surface area contributed by atoms with Crippen LogP contribution in [0.1, 0.15) is 39.5 Å². The summed E-state index contributed by atoms with van der Waals surface area (Å²) in [6.07, 6.45) is 3.18. The Morgan fingerprint density at radius 2 is 1.74 bits per heavy atom. The molecule has 4 aromatic rings. The summed E-state index contributed by atoms with van der Waals surface area (Å²) >= 11 is 7.81. The van der Waals surface area contributed by atoms with Gasteiger partial charge in [0.25, 0.3) is 5.56 Å². The summed E-state index contributed by atoms with van der Waals surface area (Å²) in [5.41, 5.74) is 12.7. The van der Waals surface area contributed by atoms with Gasteiger partial charge in [0.05, 0.1) is 11.7 Å². The summed E-state index contributed by atoms with van der Waals surface area (Å²) in [6.45, 7) is 0.359. The van der Waals surface area contributed by atoms with Gasteiger partial charge in [-0.25, -0.2) is 9.97 Å². The molecule has 13 heteroatoms. The minimum atomic E-state index is -0.887. The number of guanidine groups is 1. The van der Waals surface area contributed by atoms with Crippen LogP contribution in [0.25, 0.3) is 0 Å². The number of carbonyl (C=O) groups excluding carboxylic acids is 2. The van der Waals surface area contributed by atoms with Gasteiger partial charge in [0.15, 0.2) is 21.9 Å². The third-order valence-corrected chi connectivity index (χ3v) is 7.62. The van der Waals surface area contributed by atoms with Crippen molar-refractivity contribution in [3.63, 3.8) is 0 Å². The highest BCUT2D eigenvalue weighted by molar-refractivity contribution is 7.11. The molecule has 43 heavy (non-hydrogen) atoms. The van der Waals surface area contributed by atoms with E-state index in [4.69, 9.17) is 23.1 Å². The fraction of sp³-hybridized carbons (Fsp3) is 0.267. The number of rotatable bonds is 15. The average Bonchev–Trinajstić information content (AvgIpc) is 3.55. The molecule has 2 heterocycles. The van der Waals surface area contributed by atoms with Gasteiger partial charge in [-0.05, 0) is 30.4 Å². The molecule has 224 valence electrons. The van der Waals surface area contributed by atoms with Gasteiger partial charge in [0, 0.05) is 31.1 Å². The number of carbonyl (C=O) groups is 2. The molecule has 0 saturated heterocycles. The number of ketones is 1. The van der Waals surface area contributed by atoms with Crippen molar-refractivity contribution in [1.29, 1.82) is 0 Å². The first-order valence-electron chi connectivity index (χ1n) is 13.7. The van der Waals surface area contributed by atoms with E-state index >= 15 is 0 Å². The number of hydrogen-bond acceptors (Lipinski definition) is 8. The maximum atomic E-state index is 13.7. The highest BCUT2D eigenvalue weighted by Gasteiger charge is 2.25. The van der Waals surface area contributed by atoms with Crippen molar-refractivity contribution in [3.05, 3.63) is 110 Å². The molecule has 0 aliphatic rings. The molecule has 0 saturated carbocycles. The Morgan fingerprint density at radius 1 is 1.05 bits per heavy atom. The SMILES string of the molecule is NC(N)=NCCCC(NC(=O)Cn1c(Cc2ccccc2)c(Cl)nc(NCCc2ccccc2)c1=O)C(=O)c1nccs1. The lowest BCUT2D eigenvalue weighted by Gasteiger charge is -2.19. The second kappa shape index (κ2) is 15.6. The molecule has 4 rings (SSSR count). The first-order chi connectivity index (χ1) is 20.8. The number of aliphatic imine (C=N–C) groups is 1. The summed E-state index contributed by atoms with van der Waals surface area (Å²) in [5.74, 6) is -0.885. The summed E-state index contributed by atoms with van der Waals surface area (Å²) < 4.78 is 1.31. The number of benzene rings is 2. The highest BCUT2D eigenvalue weighted by atomic mass is 35.5. The molecule has 0 spiro atoms. The largest absolute Gasteiger partial charge is 0.370 e. The Labute approximate surface area is 258 Å². The van der Waals surface area contributed by atoms with Crippen LogP contribution in [-0.4, -0.2) is 51.3 Å². The van der Waals surface area contributed by atoms with Gasteiger partial charge in [-0.2, -0.15) is 0 Å². The predicted molar refractivity (Wildman–Crippen MR) is 170 cm³/mol. The first kappa shape index (κ1) is 31.4. The summed E-state index contributed by atoms with van der Waals surface area (Å²) in [6, 6.07) is 18.4. The molecule has 0 radical (unpaired) electrons. The number of nitrogens with zero attached hydrogens (tertiary/aromatic N) is 4. The Hall–Kier alpha value is -4.55. The van der Waals surface area contributed by atoms with E-state index in [0.29, 0.717) is 31.6 Å². The highest BCUT2D eigenvalue weighted by Crippen LogP contribution is 2.19. The van der Waals surface area contributed by atoms with Gasteiger partial charge in [0.1, 0.15) is 6.54 Å². The fourth-order valence-corrected chi connectivity index (χ4v) is 5.32. The van der Waals surface area contributed by atoms with E-state index in [2.05, 4.69) is 25.6 Å². The number of aromatic nitrogens is 3. The number of amides is 1. The zero-order valence-electron chi connectivity index (χ0n) is 23.4. The lowest BCUT2D eigenvalue weighted by molar-refractivity contribution is -0.122. The number of anilines is 1. The Kier molecular flexibility index (Phi) is 11.4. The van der Waals surface area contributed by atoms with Crippen molar-refractivity contribution in [2.45, 2.75) is 38.3 Å². The molecular weight excluding hydrogens is 588 g/mol. The molecule has 6 N–H and O–H groups in total. The van der Waals surface area contributed by atoms with Gasteiger partial charge in [-0.3, -0.25) is 23.9 Å². The second-order valence-corrected chi connectivity index (χ2v) is 10.9.